The van der Waals surface area contributed by atoms with E-state index < -0.39 is 10.0 Å². The van der Waals surface area contributed by atoms with E-state index in [1.165, 1.54) is 18.5 Å². The quantitative estimate of drug-likeness (QED) is 0.665. The first-order valence-electron chi connectivity index (χ1n) is 6.85. The van der Waals surface area contributed by atoms with Crippen molar-refractivity contribution in [3.05, 3.63) is 24.5 Å². The zero-order valence-corrected chi connectivity index (χ0v) is 12.9. The molecule has 114 valence electrons. The molecule has 0 spiro atoms. The first-order chi connectivity index (χ1) is 10.1. The largest absolute Gasteiger partial charge is 0.265 e. The number of aliphatic imine (C=N–C) groups is 1. The molecule has 1 aliphatic heterocycles. The minimum absolute atomic E-state index is 0.101. The van der Waals surface area contributed by atoms with E-state index >= 15 is 0 Å². The van der Waals surface area contributed by atoms with E-state index in [9.17, 15) is 8.42 Å². The van der Waals surface area contributed by atoms with Crippen LogP contribution in [0.15, 0.2) is 39.5 Å². The minimum Gasteiger partial charge on any atom is -0.263 e. The van der Waals surface area contributed by atoms with E-state index in [0.29, 0.717) is 19.0 Å². The van der Waals surface area contributed by atoms with Gasteiger partial charge >= 0.3 is 0 Å². The maximum absolute atomic E-state index is 12.3. The molecule has 0 aliphatic carbocycles. The summed E-state index contributed by atoms with van der Waals surface area (Å²) >= 11 is 0. The molecule has 0 aromatic carbocycles. The Morgan fingerprint density at radius 3 is 2.90 bits per heavy atom. The van der Waals surface area contributed by atoms with E-state index in [1.807, 2.05) is 13.1 Å². The van der Waals surface area contributed by atoms with E-state index in [0.717, 1.165) is 6.42 Å². The molecule has 2 rings (SSSR count). The Labute approximate surface area is 124 Å². The van der Waals surface area contributed by atoms with Gasteiger partial charge in [0.05, 0.1) is 6.54 Å². The molecule has 1 atom stereocenters. The summed E-state index contributed by atoms with van der Waals surface area (Å²) in [7, 11) is -3.70. The molecule has 1 aliphatic rings. The highest BCUT2D eigenvalue weighted by Crippen LogP contribution is 2.13. The Kier molecular flexibility index (Phi) is 4.89. The molecule has 1 N–H and O–H groups in total. The zero-order chi connectivity index (χ0) is 15.3. The smallest absolute Gasteiger partial charge is 0.263 e. The molecule has 0 bridgehead atoms. The van der Waals surface area contributed by atoms with Crippen molar-refractivity contribution in [1.82, 2.24) is 14.7 Å². The summed E-state index contributed by atoms with van der Waals surface area (Å²) < 4.78 is 27.1. The van der Waals surface area contributed by atoms with Gasteiger partial charge in [0.2, 0.25) is 5.96 Å². The number of sulfonamides is 1. The standard InChI is InChI=1S/C13H19N5O2S/c1-3-11-8-16-18(10-11)13(15-4-2)17-21(19,20)12-6-5-7-14-9-12/h5-9,11H,3-4,10H2,1-2H3,(H,15,17). The lowest BCUT2D eigenvalue weighted by Crippen LogP contribution is -2.41. The fourth-order valence-electron chi connectivity index (χ4n) is 1.87. The van der Waals surface area contributed by atoms with Crippen LogP contribution in [0.1, 0.15) is 20.3 Å². The van der Waals surface area contributed by atoms with Crippen molar-refractivity contribution in [2.75, 3.05) is 13.1 Å². The molecule has 0 radical (unpaired) electrons. The van der Waals surface area contributed by atoms with Crippen LogP contribution in [-0.4, -0.2) is 43.7 Å². The molecule has 0 fully saturated rings. The summed E-state index contributed by atoms with van der Waals surface area (Å²) in [6, 6.07) is 3.06. The van der Waals surface area contributed by atoms with Crippen molar-refractivity contribution in [2.45, 2.75) is 25.2 Å². The number of guanidine groups is 1. The molecule has 0 saturated carbocycles. The second-order valence-corrected chi connectivity index (χ2v) is 6.29. The number of aromatic nitrogens is 1. The summed E-state index contributed by atoms with van der Waals surface area (Å²) in [5.41, 5.74) is 0. The Morgan fingerprint density at radius 2 is 2.33 bits per heavy atom. The third-order valence-corrected chi connectivity index (χ3v) is 4.38. The third kappa shape index (κ3) is 3.78. The molecule has 21 heavy (non-hydrogen) atoms. The van der Waals surface area contributed by atoms with Gasteiger partial charge in [0.15, 0.2) is 0 Å². The first-order valence-corrected chi connectivity index (χ1v) is 8.34. The normalized spacial score (nSPS) is 19.0. The number of pyridine rings is 1. The zero-order valence-electron chi connectivity index (χ0n) is 12.1. The number of nitrogens with zero attached hydrogens (tertiary/aromatic N) is 4. The summed E-state index contributed by atoms with van der Waals surface area (Å²) in [4.78, 5) is 8.13. The second kappa shape index (κ2) is 6.66. The number of nitrogens with one attached hydrogen (secondary N) is 1. The molecule has 2 heterocycles. The summed E-state index contributed by atoms with van der Waals surface area (Å²) in [6.07, 6.45) is 5.60. The Morgan fingerprint density at radius 1 is 1.52 bits per heavy atom. The van der Waals surface area contributed by atoms with E-state index in [-0.39, 0.29) is 10.9 Å². The maximum Gasteiger partial charge on any atom is 0.265 e. The molecule has 1 aromatic heterocycles. The van der Waals surface area contributed by atoms with Crippen LogP contribution in [0.25, 0.3) is 0 Å². The van der Waals surface area contributed by atoms with Gasteiger partial charge in [0, 0.05) is 31.1 Å². The van der Waals surface area contributed by atoms with Crippen LogP contribution in [0, 0.1) is 5.92 Å². The Balaban J connectivity index is 2.18. The van der Waals surface area contributed by atoms with Crippen molar-refractivity contribution < 1.29 is 8.42 Å². The summed E-state index contributed by atoms with van der Waals surface area (Å²) in [5, 5.41) is 5.81. The van der Waals surface area contributed by atoms with Crippen molar-refractivity contribution in [3.63, 3.8) is 0 Å². The van der Waals surface area contributed by atoms with Crippen molar-refractivity contribution in [2.24, 2.45) is 16.0 Å². The minimum atomic E-state index is -3.70. The molecule has 8 heteroatoms. The van der Waals surface area contributed by atoms with Crippen molar-refractivity contribution in [3.8, 4) is 0 Å². The van der Waals surface area contributed by atoms with Crippen LogP contribution in [0.5, 0.6) is 0 Å². The molecule has 0 saturated heterocycles. The maximum atomic E-state index is 12.3. The average molecular weight is 309 g/mol. The summed E-state index contributed by atoms with van der Waals surface area (Å²) in [5.74, 6) is 0.559. The SMILES string of the molecule is CCN=C(NS(=O)(=O)c1cccnc1)N1CC(CC)C=N1. The van der Waals surface area contributed by atoms with Crippen LogP contribution < -0.4 is 4.72 Å². The second-order valence-electron chi connectivity index (χ2n) is 4.61. The third-order valence-electron chi connectivity index (χ3n) is 3.07. The van der Waals surface area contributed by atoms with Crippen LogP contribution in [0.2, 0.25) is 0 Å². The topological polar surface area (TPSA) is 87.0 Å². The van der Waals surface area contributed by atoms with Crippen LogP contribution in [0.3, 0.4) is 0 Å². The molecular formula is C13H19N5O2S. The molecule has 7 nitrogen and oxygen atoms in total. The van der Waals surface area contributed by atoms with E-state index in [4.69, 9.17) is 0 Å². The lowest BCUT2D eigenvalue weighted by molar-refractivity contribution is 0.429. The summed E-state index contributed by atoms with van der Waals surface area (Å²) in [6.45, 7) is 5.00. The van der Waals surface area contributed by atoms with Gasteiger partial charge in [-0.15, -0.1) is 0 Å². The first kappa shape index (κ1) is 15.4. The van der Waals surface area contributed by atoms with Gasteiger partial charge in [0.25, 0.3) is 10.0 Å². The molecule has 1 unspecified atom stereocenters. The Bertz CT molecular complexity index is 627. The predicted octanol–water partition coefficient (Wildman–Crippen LogP) is 1.06. The highest BCUT2D eigenvalue weighted by molar-refractivity contribution is 7.90. The Hall–Kier alpha value is -1.96. The lowest BCUT2D eigenvalue weighted by Gasteiger charge is -2.19. The highest BCUT2D eigenvalue weighted by atomic mass is 32.2. The van der Waals surface area contributed by atoms with Gasteiger partial charge in [-0.2, -0.15) is 5.10 Å². The fourth-order valence-corrected chi connectivity index (χ4v) is 2.85. The number of hydrogen-bond donors (Lipinski definition) is 1. The highest BCUT2D eigenvalue weighted by Gasteiger charge is 2.24. The van der Waals surface area contributed by atoms with Crippen molar-refractivity contribution in [1.29, 1.82) is 0 Å². The van der Waals surface area contributed by atoms with Gasteiger partial charge in [-0.25, -0.2) is 18.1 Å². The number of hydrogen-bond acceptors (Lipinski definition) is 5. The fraction of sp³-hybridized carbons (Fsp3) is 0.462. The molecule has 1 aromatic rings. The van der Waals surface area contributed by atoms with Crippen LogP contribution in [-0.2, 0) is 10.0 Å². The lowest BCUT2D eigenvalue weighted by atomic mass is 10.1. The van der Waals surface area contributed by atoms with Crippen LogP contribution >= 0.6 is 0 Å². The van der Waals surface area contributed by atoms with E-state index in [1.54, 1.807) is 11.1 Å². The van der Waals surface area contributed by atoms with Gasteiger partial charge in [-0.1, -0.05) is 6.92 Å². The number of rotatable bonds is 4. The van der Waals surface area contributed by atoms with Gasteiger partial charge in [-0.3, -0.25) is 9.98 Å². The van der Waals surface area contributed by atoms with Crippen LogP contribution in [0.4, 0.5) is 0 Å². The number of hydrazone groups is 1. The monoisotopic (exact) mass is 309 g/mol. The van der Waals surface area contributed by atoms with Gasteiger partial charge in [-0.05, 0) is 25.5 Å². The van der Waals surface area contributed by atoms with Gasteiger partial charge < -0.3 is 0 Å². The molecule has 0 amide bonds. The average Bonchev–Trinajstić information content (AvgIpc) is 2.96. The molecular weight excluding hydrogens is 290 g/mol. The predicted molar refractivity (Wildman–Crippen MR) is 81.5 cm³/mol. The van der Waals surface area contributed by atoms with Crippen molar-refractivity contribution >= 4 is 22.2 Å². The van der Waals surface area contributed by atoms with Gasteiger partial charge in [0.1, 0.15) is 4.90 Å². The van der Waals surface area contributed by atoms with E-state index in [2.05, 4.69) is 26.7 Å².